The topological polar surface area (TPSA) is 58.2 Å². The molecule has 1 saturated carbocycles. The van der Waals surface area contributed by atoms with Crippen LogP contribution in [-0.4, -0.2) is 11.8 Å². The lowest BCUT2D eigenvalue weighted by atomic mass is 10.1. The van der Waals surface area contributed by atoms with Crippen molar-refractivity contribution in [2.45, 2.75) is 32.2 Å². The Labute approximate surface area is 162 Å². The standard InChI is InChI=1S/C20H20Cl2N2O2/c1-12(23-19(25)11-13-2-9-17(21)18(22)10-13)14-5-7-16(8-6-14)24-20(26)15-3-4-15/h2,5-10,12,15H,3-4,11H2,1H3,(H,23,25)(H,24,26). The number of carbonyl (C=O) groups is 2. The molecule has 0 heterocycles. The summed E-state index contributed by atoms with van der Waals surface area (Å²) in [5.41, 5.74) is 2.55. The molecule has 2 aromatic rings. The molecule has 6 heteroatoms. The molecule has 1 atom stereocenters. The molecule has 0 bridgehead atoms. The summed E-state index contributed by atoms with van der Waals surface area (Å²) in [6, 6.07) is 12.6. The molecular formula is C20H20Cl2N2O2. The molecule has 1 unspecified atom stereocenters. The Morgan fingerprint density at radius 2 is 1.77 bits per heavy atom. The van der Waals surface area contributed by atoms with E-state index >= 15 is 0 Å². The van der Waals surface area contributed by atoms with Gasteiger partial charge in [0.15, 0.2) is 0 Å². The molecule has 1 aliphatic carbocycles. The number of nitrogens with one attached hydrogen (secondary N) is 2. The summed E-state index contributed by atoms with van der Waals surface area (Å²) in [6.45, 7) is 1.92. The average molecular weight is 391 g/mol. The predicted molar refractivity (Wildman–Crippen MR) is 105 cm³/mol. The van der Waals surface area contributed by atoms with E-state index in [9.17, 15) is 9.59 Å². The molecule has 2 amide bonds. The van der Waals surface area contributed by atoms with Crippen molar-refractivity contribution in [3.05, 3.63) is 63.6 Å². The van der Waals surface area contributed by atoms with Crippen LogP contribution in [-0.2, 0) is 16.0 Å². The third-order valence-electron chi connectivity index (χ3n) is 4.35. The van der Waals surface area contributed by atoms with Gasteiger partial charge in [0.2, 0.25) is 11.8 Å². The fraction of sp³-hybridized carbons (Fsp3) is 0.300. The highest BCUT2D eigenvalue weighted by Gasteiger charge is 2.29. The zero-order chi connectivity index (χ0) is 18.7. The summed E-state index contributed by atoms with van der Waals surface area (Å²) in [6.07, 6.45) is 2.19. The van der Waals surface area contributed by atoms with Crippen LogP contribution in [0, 0.1) is 5.92 Å². The maximum absolute atomic E-state index is 12.2. The second kappa shape index (κ2) is 8.11. The highest BCUT2D eigenvalue weighted by Crippen LogP contribution is 2.30. The molecule has 26 heavy (non-hydrogen) atoms. The number of benzene rings is 2. The van der Waals surface area contributed by atoms with Gasteiger partial charge in [-0.15, -0.1) is 0 Å². The molecule has 1 aliphatic rings. The molecule has 2 N–H and O–H groups in total. The van der Waals surface area contributed by atoms with Crippen molar-refractivity contribution >= 4 is 40.7 Å². The van der Waals surface area contributed by atoms with Gasteiger partial charge in [0.05, 0.1) is 22.5 Å². The van der Waals surface area contributed by atoms with Crippen LogP contribution in [0.4, 0.5) is 5.69 Å². The summed E-state index contributed by atoms with van der Waals surface area (Å²) in [7, 11) is 0. The lowest BCUT2D eigenvalue weighted by molar-refractivity contribution is -0.121. The van der Waals surface area contributed by atoms with Crippen LogP contribution in [0.1, 0.15) is 36.9 Å². The van der Waals surface area contributed by atoms with Gasteiger partial charge in [0.25, 0.3) is 0 Å². The molecule has 3 rings (SSSR count). The lowest BCUT2D eigenvalue weighted by Crippen LogP contribution is -2.28. The first-order chi connectivity index (χ1) is 12.4. The fourth-order valence-corrected chi connectivity index (χ4v) is 2.98. The summed E-state index contributed by atoms with van der Waals surface area (Å²) in [4.78, 5) is 24.0. The second-order valence-electron chi connectivity index (χ2n) is 6.60. The third kappa shape index (κ3) is 4.99. The van der Waals surface area contributed by atoms with Crippen molar-refractivity contribution in [3.8, 4) is 0 Å². The second-order valence-corrected chi connectivity index (χ2v) is 7.41. The van der Waals surface area contributed by atoms with E-state index in [0.29, 0.717) is 10.0 Å². The monoisotopic (exact) mass is 390 g/mol. The van der Waals surface area contributed by atoms with Crippen LogP contribution in [0.25, 0.3) is 0 Å². The van der Waals surface area contributed by atoms with E-state index in [1.807, 2.05) is 31.2 Å². The van der Waals surface area contributed by atoms with Crippen LogP contribution >= 0.6 is 23.2 Å². The van der Waals surface area contributed by atoms with E-state index < -0.39 is 0 Å². The predicted octanol–water partition coefficient (Wildman–Crippen LogP) is 4.76. The molecule has 0 saturated heterocycles. The third-order valence-corrected chi connectivity index (χ3v) is 5.09. The van der Waals surface area contributed by atoms with E-state index in [4.69, 9.17) is 23.2 Å². The Morgan fingerprint density at radius 1 is 1.08 bits per heavy atom. The van der Waals surface area contributed by atoms with Crippen molar-refractivity contribution in [2.75, 3.05) is 5.32 Å². The van der Waals surface area contributed by atoms with E-state index in [2.05, 4.69) is 10.6 Å². The number of amides is 2. The Balaban J connectivity index is 1.54. The number of anilines is 1. The summed E-state index contributed by atoms with van der Waals surface area (Å²) in [5, 5.41) is 6.78. The molecular weight excluding hydrogens is 371 g/mol. The van der Waals surface area contributed by atoms with Crippen LogP contribution in [0.5, 0.6) is 0 Å². The Bertz CT molecular complexity index is 817. The molecule has 0 aromatic heterocycles. The van der Waals surface area contributed by atoms with Crippen molar-refractivity contribution < 1.29 is 9.59 Å². The van der Waals surface area contributed by atoms with Crippen LogP contribution in [0.2, 0.25) is 10.0 Å². The Kier molecular flexibility index (Phi) is 5.84. The van der Waals surface area contributed by atoms with E-state index in [-0.39, 0.29) is 30.2 Å². The van der Waals surface area contributed by atoms with Crippen LogP contribution < -0.4 is 10.6 Å². The first-order valence-corrected chi connectivity index (χ1v) is 9.32. The molecule has 4 nitrogen and oxygen atoms in total. The Hall–Kier alpha value is -2.04. The highest BCUT2D eigenvalue weighted by atomic mass is 35.5. The normalized spacial score (nSPS) is 14.6. The van der Waals surface area contributed by atoms with Gasteiger partial charge in [0.1, 0.15) is 0 Å². The zero-order valence-corrected chi connectivity index (χ0v) is 15.9. The number of carbonyl (C=O) groups excluding carboxylic acids is 2. The maximum Gasteiger partial charge on any atom is 0.227 e. The van der Waals surface area contributed by atoms with E-state index in [1.165, 1.54) is 0 Å². The van der Waals surface area contributed by atoms with Gasteiger partial charge in [-0.3, -0.25) is 9.59 Å². The van der Waals surface area contributed by atoms with Gasteiger partial charge in [-0.1, -0.05) is 41.4 Å². The maximum atomic E-state index is 12.2. The van der Waals surface area contributed by atoms with E-state index in [1.54, 1.807) is 18.2 Å². The van der Waals surface area contributed by atoms with Gasteiger partial charge in [-0.05, 0) is 55.2 Å². The molecule has 0 radical (unpaired) electrons. The lowest BCUT2D eigenvalue weighted by Gasteiger charge is -2.15. The first kappa shape index (κ1) is 18.7. The summed E-state index contributed by atoms with van der Waals surface area (Å²) >= 11 is 11.9. The summed E-state index contributed by atoms with van der Waals surface area (Å²) < 4.78 is 0. The van der Waals surface area contributed by atoms with Gasteiger partial charge < -0.3 is 10.6 Å². The quantitative estimate of drug-likeness (QED) is 0.746. The molecule has 1 fully saturated rings. The average Bonchev–Trinajstić information content (AvgIpc) is 3.44. The van der Waals surface area contributed by atoms with Gasteiger partial charge in [0, 0.05) is 11.6 Å². The number of hydrogen-bond donors (Lipinski definition) is 2. The highest BCUT2D eigenvalue weighted by molar-refractivity contribution is 6.42. The van der Waals surface area contributed by atoms with Crippen molar-refractivity contribution in [2.24, 2.45) is 5.92 Å². The zero-order valence-electron chi connectivity index (χ0n) is 14.4. The largest absolute Gasteiger partial charge is 0.349 e. The number of hydrogen-bond acceptors (Lipinski definition) is 2. The minimum absolute atomic E-state index is 0.0840. The van der Waals surface area contributed by atoms with Crippen LogP contribution in [0.3, 0.4) is 0 Å². The molecule has 0 spiro atoms. The SMILES string of the molecule is CC(NC(=O)Cc1ccc(Cl)c(Cl)c1)c1ccc(NC(=O)C2CC2)cc1. The van der Waals surface area contributed by atoms with E-state index in [0.717, 1.165) is 29.7 Å². The van der Waals surface area contributed by atoms with Crippen molar-refractivity contribution in [1.29, 1.82) is 0 Å². The molecule has 2 aromatic carbocycles. The smallest absolute Gasteiger partial charge is 0.227 e. The van der Waals surface area contributed by atoms with Crippen LogP contribution in [0.15, 0.2) is 42.5 Å². The first-order valence-electron chi connectivity index (χ1n) is 8.56. The molecule has 136 valence electrons. The van der Waals surface area contributed by atoms with Crippen molar-refractivity contribution in [1.82, 2.24) is 5.32 Å². The summed E-state index contributed by atoms with van der Waals surface area (Å²) in [5.74, 6) is 0.164. The number of halogens is 2. The minimum Gasteiger partial charge on any atom is -0.349 e. The number of rotatable bonds is 6. The van der Waals surface area contributed by atoms with Gasteiger partial charge in [-0.2, -0.15) is 0 Å². The van der Waals surface area contributed by atoms with Crippen molar-refractivity contribution in [3.63, 3.8) is 0 Å². The Morgan fingerprint density at radius 3 is 2.38 bits per heavy atom. The van der Waals surface area contributed by atoms with Gasteiger partial charge in [-0.25, -0.2) is 0 Å². The minimum atomic E-state index is -0.140. The molecule has 0 aliphatic heterocycles. The fourth-order valence-electron chi connectivity index (χ4n) is 2.66. The van der Waals surface area contributed by atoms with Gasteiger partial charge >= 0.3 is 0 Å².